The van der Waals surface area contributed by atoms with Gasteiger partial charge in [-0.2, -0.15) is 0 Å². The Morgan fingerprint density at radius 1 is 1.29 bits per heavy atom. The Morgan fingerprint density at radius 2 is 2.00 bits per heavy atom. The number of benzene rings is 1. The topological polar surface area (TPSA) is 75.4 Å². The molecule has 3 N–H and O–H groups in total. The van der Waals surface area contributed by atoms with Gasteiger partial charge in [-0.1, -0.05) is 6.07 Å². The summed E-state index contributed by atoms with van der Waals surface area (Å²) in [6.07, 6.45) is 0. The maximum absolute atomic E-state index is 11.5. The zero-order chi connectivity index (χ0) is 10.3. The SMILES string of the molecule is CNc1cccc2c1C(=O)N(N)C2=O. The summed E-state index contributed by atoms with van der Waals surface area (Å²) in [5.74, 6) is 4.38. The first-order valence-corrected chi connectivity index (χ1v) is 4.11. The molecule has 72 valence electrons. The van der Waals surface area contributed by atoms with E-state index in [1.807, 2.05) is 0 Å². The Morgan fingerprint density at radius 3 is 2.64 bits per heavy atom. The van der Waals surface area contributed by atoms with Crippen LogP contribution < -0.4 is 11.2 Å². The van der Waals surface area contributed by atoms with Crippen LogP contribution in [0.4, 0.5) is 5.69 Å². The van der Waals surface area contributed by atoms with Crippen molar-refractivity contribution >= 4 is 17.5 Å². The van der Waals surface area contributed by atoms with Gasteiger partial charge in [-0.15, -0.1) is 0 Å². The Kier molecular flexibility index (Phi) is 1.75. The molecule has 0 radical (unpaired) electrons. The fourth-order valence-electron chi connectivity index (χ4n) is 1.51. The fourth-order valence-corrected chi connectivity index (χ4v) is 1.51. The van der Waals surface area contributed by atoms with Crippen molar-refractivity contribution in [2.75, 3.05) is 12.4 Å². The largest absolute Gasteiger partial charge is 0.387 e. The molecule has 0 atom stereocenters. The number of nitrogens with one attached hydrogen (secondary N) is 1. The molecule has 1 heterocycles. The number of carbonyl (C=O) groups is 2. The summed E-state index contributed by atoms with van der Waals surface area (Å²) >= 11 is 0. The first-order valence-electron chi connectivity index (χ1n) is 4.11. The average molecular weight is 191 g/mol. The molecule has 0 spiro atoms. The highest BCUT2D eigenvalue weighted by atomic mass is 16.2. The summed E-state index contributed by atoms with van der Waals surface area (Å²) < 4.78 is 0. The minimum atomic E-state index is -0.463. The third-order valence-electron chi connectivity index (χ3n) is 2.22. The zero-order valence-electron chi connectivity index (χ0n) is 7.57. The number of nitrogens with zero attached hydrogens (tertiary/aromatic N) is 1. The highest BCUT2D eigenvalue weighted by molar-refractivity contribution is 6.23. The van der Waals surface area contributed by atoms with Crippen molar-refractivity contribution < 1.29 is 9.59 Å². The van der Waals surface area contributed by atoms with Gasteiger partial charge in [0.2, 0.25) is 0 Å². The lowest BCUT2D eigenvalue weighted by Crippen LogP contribution is -2.36. The quantitative estimate of drug-likeness (QED) is 0.377. The number of hydrogen-bond acceptors (Lipinski definition) is 4. The zero-order valence-corrected chi connectivity index (χ0v) is 7.57. The molecule has 1 aromatic carbocycles. The Labute approximate surface area is 80.5 Å². The molecule has 14 heavy (non-hydrogen) atoms. The second kappa shape index (κ2) is 2.81. The van der Waals surface area contributed by atoms with Crippen LogP contribution in [0.15, 0.2) is 18.2 Å². The van der Waals surface area contributed by atoms with Gasteiger partial charge in [0.05, 0.1) is 11.1 Å². The van der Waals surface area contributed by atoms with Gasteiger partial charge in [-0.05, 0) is 12.1 Å². The molecule has 2 rings (SSSR count). The summed E-state index contributed by atoms with van der Waals surface area (Å²) in [5.41, 5.74) is 1.32. The lowest BCUT2D eigenvalue weighted by atomic mass is 10.1. The normalized spacial score (nSPS) is 14.6. The lowest BCUT2D eigenvalue weighted by molar-refractivity contribution is 0.0654. The molecule has 0 fully saturated rings. The predicted octanol–water partition coefficient (Wildman–Crippen LogP) is 0.198. The van der Waals surface area contributed by atoms with Crippen LogP contribution in [0.1, 0.15) is 20.7 Å². The predicted molar refractivity (Wildman–Crippen MR) is 50.7 cm³/mol. The van der Waals surface area contributed by atoms with Crippen LogP contribution in [0, 0.1) is 0 Å². The van der Waals surface area contributed by atoms with Crippen molar-refractivity contribution in [3.63, 3.8) is 0 Å². The van der Waals surface area contributed by atoms with Crippen molar-refractivity contribution in [2.24, 2.45) is 5.84 Å². The van der Waals surface area contributed by atoms with Gasteiger partial charge in [0.15, 0.2) is 0 Å². The van der Waals surface area contributed by atoms with Crippen LogP contribution in [0.3, 0.4) is 0 Å². The molecule has 1 aliphatic rings. The molecule has 0 aliphatic carbocycles. The molecule has 1 aliphatic heterocycles. The van der Waals surface area contributed by atoms with Gasteiger partial charge in [-0.3, -0.25) is 9.59 Å². The Hall–Kier alpha value is -1.88. The number of anilines is 1. The van der Waals surface area contributed by atoms with Crippen LogP contribution in [0.2, 0.25) is 0 Å². The minimum absolute atomic E-state index is 0.350. The number of rotatable bonds is 1. The first-order chi connectivity index (χ1) is 6.66. The van der Waals surface area contributed by atoms with E-state index in [2.05, 4.69) is 5.32 Å². The molecule has 0 unspecified atom stereocenters. The van der Waals surface area contributed by atoms with Crippen LogP contribution >= 0.6 is 0 Å². The maximum atomic E-state index is 11.5. The Balaban J connectivity index is 2.69. The van der Waals surface area contributed by atoms with E-state index >= 15 is 0 Å². The van der Waals surface area contributed by atoms with Gasteiger partial charge < -0.3 is 5.32 Å². The smallest absolute Gasteiger partial charge is 0.278 e. The van der Waals surface area contributed by atoms with E-state index < -0.39 is 11.8 Å². The summed E-state index contributed by atoms with van der Waals surface area (Å²) in [7, 11) is 1.69. The van der Waals surface area contributed by atoms with Crippen LogP contribution in [0.5, 0.6) is 0 Å². The summed E-state index contributed by atoms with van der Waals surface area (Å²) in [6.45, 7) is 0. The van der Waals surface area contributed by atoms with Gasteiger partial charge in [0.25, 0.3) is 11.8 Å². The number of nitrogens with two attached hydrogens (primary N) is 1. The van der Waals surface area contributed by atoms with Crippen molar-refractivity contribution in [1.82, 2.24) is 5.01 Å². The third-order valence-corrected chi connectivity index (χ3v) is 2.22. The van der Waals surface area contributed by atoms with Crippen LogP contribution in [0.25, 0.3) is 0 Å². The second-order valence-electron chi connectivity index (χ2n) is 2.96. The highest BCUT2D eigenvalue weighted by Crippen LogP contribution is 2.26. The van der Waals surface area contributed by atoms with Gasteiger partial charge >= 0.3 is 0 Å². The molecular weight excluding hydrogens is 182 g/mol. The summed E-state index contributed by atoms with van der Waals surface area (Å²) in [5, 5.41) is 3.47. The molecule has 0 saturated carbocycles. The van der Waals surface area contributed by atoms with E-state index in [1.54, 1.807) is 25.2 Å². The number of imide groups is 1. The van der Waals surface area contributed by atoms with Crippen molar-refractivity contribution in [1.29, 1.82) is 0 Å². The molecule has 0 bridgehead atoms. The summed E-state index contributed by atoms with van der Waals surface area (Å²) in [6, 6.07) is 5.02. The number of amides is 2. The molecule has 0 aromatic heterocycles. The first kappa shape index (κ1) is 8.71. The van der Waals surface area contributed by atoms with Crippen LogP contribution in [-0.2, 0) is 0 Å². The summed E-state index contributed by atoms with van der Waals surface area (Å²) in [4.78, 5) is 23.0. The monoisotopic (exact) mass is 191 g/mol. The van der Waals surface area contributed by atoms with E-state index in [0.717, 1.165) is 0 Å². The van der Waals surface area contributed by atoms with E-state index in [-0.39, 0.29) is 0 Å². The average Bonchev–Trinajstić information content (AvgIpc) is 2.44. The number of fused-ring (bicyclic) bond motifs is 1. The maximum Gasteiger partial charge on any atom is 0.278 e. The van der Waals surface area contributed by atoms with Gasteiger partial charge in [-0.25, -0.2) is 10.9 Å². The second-order valence-corrected chi connectivity index (χ2v) is 2.96. The molecule has 5 heteroatoms. The number of carbonyl (C=O) groups excluding carboxylic acids is 2. The molecule has 0 saturated heterocycles. The van der Waals surface area contributed by atoms with E-state index in [4.69, 9.17) is 5.84 Å². The fraction of sp³-hybridized carbons (Fsp3) is 0.111. The van der Waals surface area contributed by atoms with Gasteiger partial charge in [0, 0.05) is 12.7 Å². The van der Waals surface area contributed by atoms with Crippen molar-refractivity contribution in [2.45, 2.75) is 0 Å². The minimum Gasteiger partial charge on any atom is -0.387 e. The van der Waals surface area contributed by atoms with E-state index in [9.17, 15) is 9.59 Å². The number of hydrazine groups is 1. The van der Waals surface area contributed by atoms with Gasteiger partial charge in [0.1, 0.15) is 0 Å². The van der Waals surface area contributed by atoms with Crippen molar-refractivity contribution in [3.8, 4) is 0 Å². The van der Waals surface area contributed by atoms with E-state index in [0.29, 0.717) is 21.8 Å². The standard InChI is InChI=1S/C9H9N3O2/c1-11-6-4-2-3-5-7(6)9(14)12(10)8(5)13/h2-4,11H,10H2,1H3. The lowest BCUT2D eigenvalue weighted by Gasteiger charge is -2.04. The van der Waals surface area contributed by atoms with Crippen molar-refractivity contribution in [3.05, 3.63) is 29.3 Å². The molecule has 5 nitrogen and oxygen atoms in total. The Bertz CT molecular complexity index is 428. The molecule has 1 aromatic rings. The van der Waals surface area contributed by atoms with Crippen LogP contribution in [-0.4, -0.2) is 23.9 Å². The third kappa shape index (κ3) is 0.928. The van der Waals surface area contributed by atoms with E-state index in [1.165, 1.54) is 0 Å². The molecular formula is C9H9N3O2. The molecule has 2 amide bonds. The highest BCUT2D eigenvalue weighted by Gasteiger charge is 2.35. The number of hydrogen-bond donors (Lipinski definition) is 2.